The molecule has 0 bridgehead atoms. The average Bonchev–Trinajstić information content (AvgIpc) is 2.74. The lowest BCUT2D eigenvalue weighted by Gasteiger charge is -2.18. The van der Waals surface area contributed by atoms with Crippen LogP contribution in [0.15, 0.2) is 79.0 Å². The van der Waals surface area contributed by atoms with Crippen LogP contribution in [0.2, 0.25) is 5.02 Å². The van der Waals surface area contributed by atoms with Crippen LogP contribution in [0.1, 0.15) is 5.56 Å². The minimum atomic E-state index is -0.946. The van der Waals surface area contributed by atoms with Gasteiger partial charge in [0.25, 0.3) is 0 Å². The molecule has 2 heterocycles. The molecule has 2 aromatic carbocycles. The molecule has 29 heavy (non-hydrogen) atoms. The Hall–Kier alpha value is -3.44. The fourth-order valence-electron chi connectivity index (χ4n) is 3.18. The largest absolute Gasteiger partial charge is 0.480 e. The second-order valence-electron chi connectivity index (χ2n) is 6.67. The van der Waals surface area contributed by atoms with E-state index in [1.54, 1.807) is 18.3 Å². The zero-order chi connectivity index (χ0) is 20.2. The molecule has 1 unspecified atom stereocenters. The first-order valence-electron chi connectivity index (χ1n) is 9.15. The Morgan fingerprint density at radius 3 is 2.52 bits per heavy atom. The predicted octanol–water partition coefficient (Wildman–Crippen LogP) is 5.06. The Balaban J connectivity index is 1.76. The maximum atomic E-state index is 11.9. The van der Waals surface area contributed by atoms with Gasteiger partial charge < -0.3 is 10.4 Å². The van der Waals surface area contributed by atoms with E-state index in [4.69, 9.17) is 11.6 Å². The highest BCUT2D eigenvalue weighted by molar-refractivity contribution is 6.30. The normalized spacial score (nSPS) is 11.9. The van der Waals surface area contributed by atoms with Gasteiger partial charge in [0.05, 0.1) is 0 Å². The Labute approximate surface area is 173 Å². The van der Waals surface area contributed by atoms with Crippen molar-refractivity contribution in [1.29, 1.82) is 0 Å². The van der Waals surface area contributed by atoms with Crippen LogP contribution in [-0.4, -0.2) is 27.1 Å². The van der Waals surface area contributed by atoms with Crippen LogP contribution in [-0.2, 0) is 11.2 Å². The van der Waals surface area contributed by atoms with Crippen molar-refractivity contribution in [3.63, 3.8) is 0 Å². The van der Waals surface area contributed by atoms with Gasteiger partial charge in [-0.3, -0.25) is 0 Å². The van der Waals surface area contributed by atoms with Crippen molar-refractivity contribution in [2.24, 2.45) is 0 Å². The predicted molar refractivity (Wildman–Crippen MR) is 115 cm³/mol. The third-order valence-electron chi connectivity index (χ3n) is 4.64. The summed E-state index contributed by atoms with van der Waals surface area (Å²) in [4.78, 5) is 20.9. The van der Waals surface area contributed by atoms with E-state index in [2.05, 4.69) is 15.3 Å². The molecule has 4 aromatic rings. The number of benzene rings is 2. The number of hydrogen-bond donors (Lipinski definition) is 2. The van der Waals surface area contributed by atoms with E-state index in [1.165, 1.54) is 0 Å². The molecule has 0 radical (unpaired) electrons. The van der Waals surface area contributed by atoms with Crippen molar-refractivity contribution in [3.8, 4) is 11.1 Å². The number of aliphatic carboxylic acids is 1. The zero-order valence-electron chi connectivity index (χ0n) is 15.4. The van der Waals surface area contributed by atoms with Crippen molar-refractivity contribution >= 4 is 34.4 Å². The molecular weight excluding hydrogens is 386 g/mol. The number of aromatic nitrogens is 2. The number of halogens is 1. The molecule has 6 heteroatoms. The molecule has 0 saturated heterocycles. The van der Waals surface area contributed by atoms with Gasteiger partial charge in [-0.25, -0.2) is 14.8 Å². The number of carboxylic acids is 1. The molecule has 2 aromatic heterocycles. The Morgan fingerprint density at radius 2 is 1.79 bits per heavy atom. The summed E-state index contributed by atoms with van der Waals surface area (Å²) in [5.74, 6) is -0.472. The smallest absolute Gasteiger partial charge is 0.326 e. The molecule has 144 valence electrons. The fraction of sp³-hybridized carbons (Fsp3) is 0.0870. The maximum absolute atomic E-state index is 11.9. The van der Waals surface area contributed by atoms with E-state index >= 15 is 0 Å². The standard InChI is InChI=1S/C23H18ClN3O2/c24-18-10-8-16(9-11-18)19-14-17-7-4-12-25-21(17)27-22(19)26-20(23(28)29)13-15-5-2-1-3-6-15/h1-12,14,20H,13H2,(H,28,29)(H,25,26,27). The molecule has 0 amide bonds. The van der Waals surface area contributed by atoms with Crippen LogP contribution >= 0.6 is 11.6 Å². The molecule has 0 saturated carbocycles. The van der Waals surface area contributed by atoms with E-state index in [-0.39, 0.29) is 0 Å². The van der Waals surface area contributed by atoms with E-state index < -0.39 is 12.0 Å². The molecule has 0 fully saturated rings. The maximum Gasteiger partial charge on any atom is 0.326 e. The minimum Gasteiger partial charge on any atom is -0.480 e. The van der Waals surface area contributed by atoms with Crippen LogP contribution in [0.5, 0.6) is 0 Å². The second kappa shape index (κ2) is 8.29. The first kappa shape index (κ1) is 18.9. The van der Waals surface area contributed by atoms with Crippen molar-refractivity contribution in [2.45, 2.75) is 12.5 Å². The highest BCUT2D eigenvalue weighted by Gasteiger charge is 2.21. The van der Waals surface area contributed by atoms with Crippen LogP contribution in [0.4, 0.5) is 5.82 Å². The Kier molecular flexibility index (Phi) is 5.40. The summed E-state index contributed by atoms with van der Waals surface area (Å²) in [5, 5.41) is 14.4. The first-order valence-corrected chi connectivity index (χ1v) is 9.53. The zero-order valence-corrected chi connectivity index (χ0v) is 16.2. The second-order valence-corrected chi connectivity index (χ2v) is 7.10. The molecule has 0 aliphatic rings. The summed E-state index contributed by atoms with van der Waals surface area (Å²) in [5.41, 5.74) is 3.16. The van der Waals surface area contributed by atoms with Gasteiger partial charge >= 0.3 is 5.97 Å². The number of carbonyl (C=O) groups is 1. The molecule has 0 spiro atoms. The molecule has 1 atom stereocenters. The summed E-state index contributed by atoms with van der Waals surface area (Å²) in [7, 11) is 0. The summed E-state index contributed by atoms with van der Waals surface area (Å²) < 4.78 is 0. The molecule has 4 rings (SSSR count). The topological polar surface area (TPSA) is 75.1 Å². The molecule has 0 aliphatic heterocycles. The number of anilines is 1. The average molecular weight is 404 g/mol. The Morgan fingerprint density at radius 1 is 1.03 bits per heavy atom. The third-order valence-corrected chi connectivity index (χ3v) is 4.89. The van der Waals surface area contributed by atoms with Crippen molar-refractivity contribution in [3.05, 3.63) is 89.6 Å². The van der Waals surface area contributed by atoms with Crippen molar-refractivity contribution < 1.29 is 9.90 Å². The highest BCUT2D eigenvalue weighted by atomic mass is 35.5. The van der Waals surface area contributed by atoms with Gasteiger partial charge in [0.15, 0.2) is 5.65 Å². The molecule has 2 N–H and O–H groups in total. The van der Waals surface area contributed by atoms with Gasteiger partial charge in [-0.05, 0) is 41.5 Å². The monoisotopic (exact) mass is 403 g/mol. The lowest BCUT2D eigenvalue weighted by molar-refractivity contribution is -0.137. The first-order chi connectivity index (χ1) is 14.1. The summed E-state index contributed by atoms with van der Waals surface area (Å²) >= 11 is 6.03. The van der Waals surface area contributed by atoms with E-state index in [0.29, 0.717) is 22.9 Å². The van der Waals surface area contributed by atoms with Gasteiger partial charge in [0, 0.05) is 28.6 Å². The third kappa shape index (κ3) is 4.36. The van der Waals surface area contributed by atoms with Gasteiger partial charge in [0.1, 0.15) is 11.9 Å². The highest BCUT2D eigenvalue weighted by Crippen LogP contribution is 2.31. The van der Waals surface area contributed by atoms with Gasteiger partial charge in [-0.1, -0.05) is 54.1 Å². The number of hydrogen-bond acceptors (Lipinski definition) is 4. The lowest BCUT2D eigenvalue weighted by atomic mass is 10.0. The van der Waals surface area contributed by atoms with E-state index in [9.17, 15) is 9.90 Å². The number of pyridine rings is 2. The number of fused-ring (bicyclic) bond motifs is 1. The number of rotatable bonds is 6. The van der Waals surface area contributed by atoms with Gasteiger partial charge in [0.2, 0.25) is 0 Å². The van der Waals surface area contributed by atoms with Crippen molar-refractivity contribution in [1.82, 2.24) is 9.97 Å². The number of nitrogens with one attached hydrogen (secondary N) is 1. The summed E-state index contributed by atoms with van der Waals surface area (Å²) in [6, 6.07) is 21.8. The number of carboxylic acid groups (broad SMARTS) is 1. The minimum absolute atomic E-state index is 0.332. The summed E-state index contributed by atoms with van der Waals surface area (Å²) in [6.07, 6.45) is 2.00. The lowest BCUT2D eigenvalue weighted by Crippen LogP contribution is -2.32. The number of nitrogens with zero attached hydrogens (tertiary/aromatic N) is 2. The Bertz CT molecular complexity index is 1150. The van der Waals surface area contributed by atoms with Crippen molar-refractivity contribution in [2.75, 3.05) is 5.32 Å². The van der Waals surface area contributed by atoms with Crippen LogP contribution in [0.25, 0.3) is 22.2 Å². The van der Waals surface area contributed by atoms with E-state index in [1.807, 2.05) is 60.7 Å². The molecule has 0 aliphatic carbocycles. The summed E-state index contributed by atoms with van der Waals surface area (Å²) in [6.45, 7) is 0. The SMILES string of the molecule is O=C(O)C(Cc1ccccc1)Nc1nc2ncccc2cc1-c1ccc(Cl)cc1. The fourth-order valence-corrected chi connectivity index (χ4v) is 3.31. The molecule has 5 nitrogen and oxygen atoms in total. The van der Waals surface area contributed by atoms with Gasteiger partial charge in [-0.2, -0.15) is 0 Å². The quantitative estimate of drug-likeness (QED) is 0.470. The van der Waals surface area contributed by atoms with Gasteiger partial charge in [-0.15, -0.1) is 0 Å². The van der Waals surface area contributed by atoms with Crippen LogP contribution < -0.4 is 5.32 Å². The molecular formula is C23H18ClN3O2. The van der Waals surface area contributed by atoms with E-state index in [0.717, 1.165) is 22.1 Å². The van der Waals surface area contributed by atoms with Crippen LogP contribution in [0, 0.1) is 0 Å². The van der Waals surface area contributed by atoms with Crippen LogP contribution in [0.3, 0.4) is 0 Å².